The van der Waals surface area contributed by atoms with Crippen LogP contribution in [0, 0.1) is 0 Å². The zero-order valence-corrected chi connectivity index (χ0v) is 16.3. The average molecular weight is 336 g/mol. The second kappa shape index (κ2) is 6.69. The predicted molar refractivity (Wildman–Crippen MR) is 92.0 cm³/mol. The summed E-state index contributed by atoms with van der Waals surface area (Å²) < 4.78 is 6.51. The van der Waals surface area contributed by atoms with Crippen molar-refractivity contribution in [3.8, 4) is 0 Å². The van der Waals surface area contributed by atoms with Crippen molar-refractivity contribution in [3.63, 3.8) is 0 Å². The van der Waals surface area contributed by atoms with E-state index in [1.54, 1.807) is 24.3 Å². The Morgan fingerprint density at radius 2 is 1.88 bits per heavy atom. The number of para-hydroxylation sites is 1. The number of carbonyl (C=O) groups is 1. The number of benzene rings is 2. The van der Waals surface area contributed by atoms with Crippen LogP contribution < -0.4 is 39.5 Å². The molecule has 0 aliphatic rings. The Balaban J connectivity index is 0.00000156. The van der Waals surface area contributed by atoms with Crippen molar-refractivity contribution in [1.29, 1.82) is 0 Å². The number of aliphatic carboxylic acids is 1. The minimum absolute atomic E-state index is 0. The summed E-state index contributed by atoms with van der Waals surface area (Å²) in [6, 6.07) is 10.5. The van der Waals surface area contributed by atoms with E-state index >= 15 is 0 Å². The van der Waals surface area contributed by atoms with Gasteiger partial charge in [0.25, 0.3) is 0 Å². The number of nitrogens with zero attached hydrogens (tertiary/aromatic N) is 1. The number of quaternary nitrogens is 1. The summed E-state index contributed by atoms with van der Waals surface area (Å²) >= 11 is 0. The molecule has 3 aromatic rings. The molecule has 0 saturated carbocycles. The molecule has 0 aliphatic carbocycles. The predicted octanol–water partition coefficient (Wildman–Crippen LogP) is -0.113. The van der Waals surface area contributed by atoms with Crippen molar-refractivity contribution in [2.45, 2.75) is 6.42 Å². The fraction of sp³-hybridized carbons (Fsp3) is 0.222. The molecular weight excluding hydrogens is 317 g/mol. The van der Waals surface area contributed by atoms with Gasteiger partial charge in [-0.25, -0.2) is 0 Å². The first-order valence-corrected chi connectivity index (χ1v) is 7.29. The van der Waals surface area contributed by atoms with Crippen molar-refractivity contribution >= 4 is 33.6 Å². The van der Waals surface area contributed by atoms with Crippen LogP contribution in [0.25, 0.3) is 21.9 Å². The number of rotatable bonds is 3. The largest absolute Gasteiger partial charge is 1.00 e. The van der Waals surface area contributed by atoms with Gasteiger partial charge in [0.2, 0.25) is 5.43 Å². The van der Waals surface area contributed by atoms with Gasteiger partial charge in [-0.3, -0.25) is 14.1 Å². The summed E-state index contributed by atoms with van der Waals surface area (Å²) in [5.74, 6) is -0.958. The minimum Gasteiger partial charge on any atom is -1.00 e. The van der Waals surface area contributed by atoms with Crippen molar-refractivity contribution in [2.75, 3.05) is 21.1 Å². The molecule has 0 radical (unpaired) electrons. The molecule has 0 aliphatic heterocycles. The number of hydrogen-bond acceptors (Lipinski definition) is 3. The van der Waals surface area contributed by atoms with E-state index < -0.39 is 5.97 Å². The molecule has 1 N–H and O–H groups in total. The standard InChI is InChI=1S/C18H17NO4.Na.H/c1-19(2,3)12-7-8-13-15(10-12)23-18-11(9-16(20)21)5-4-6-14(18)17(13)22;;/h4-8,10H,9H2,1-3H3;;/q;+1;-1/p+1. The Kier molecular flexibility index (Phi) is 5.20. The molecule has 0 atom stereocenters. The Bertz CT molecular complexity index is 992. The van der Waals surface area contributed by atoms with Gasteiger partial charge in [0.15, 0.2) is 0 Å². The summed E-state index contributed by atoms with van der Waals surface area (Å²) in [7, 11) is 6.07. The fourth-order valence-corrected chi connectivity index (χ4v) is 2.64. The quantitative estimate of drug-likeness (QED) is 0.412. The van der Waals surface area contributed by atoms with E-state index in [1.807, 2.05) is 33.3 Å². The molecule has 0 spiro atoms. The Labute approximate surface area is 162 Å². The summed E-state index contributed by atoms with van der Waals surface area (Å²) in [5, 5.41) is 9.95. The summed E-state index contributed by atoms with van der Waals surface area (Å²) in [6.07, 6.45) is -0.180. The summed E-state index contributed by atoms with van der Waals surface area (Å²) in [5.41, 5.74) is 2.19. The Morgan fingerprint density at radius 1 is 1.17 bits per heavy atom. The fourth-order valence-electron chi connectivity index (χ4n) is 2.64. The van der Waals surface area contributed by atoms with E-state index in [1.165, 1.54) is 0 Å². The van der Waals surface area contributed by atoms with Crippen molar-refractivity contribution < 1.29 is 45.3 Å². The summed E-state index contributed by atoms with van der Waals surface area (Å²) in [6.45, 7) is 0. The second-order valence-electron chi connectivity index (χ2n) is 6.49. The van der Waals surface area contributed by atoms with Crippen molar-refractivity contribution in [3.05, 3.63) is 52.2 Å². The Hall–Kier alpha value is -1.66. The van der Waals surface area contributed by atoms with Gasteiger partial charge in [-0.05, 0) is 12.1 Å². The topological polar surface area (TPSA) is 67.5 Å². The van der Waals surface area contributed by atoms with E-state index in [4.69, 9.17) is 9.52 Å². The third-order valence-electron chi connectivity index (χ3n) is 3.88. The van der Waals surface area contributed by atoms with Crippen LogP contribution in [0.2, 0.25) is 0 Å². The Morgan fingerprint density at radius 3 is 2.50 bits per heavy atom. The SMILES string of the molecule is C[N+](C)(C)c1ccc2c(=O)c3cccc(CC(=O)O)c3oc2c1.[H-].[Na+]. The minimum atomic E-state index is -0.958. The summed E-state index contributed by atoms with van der Waals surface area (Å²) in [4.78, 5) is 23.7. The normalized spacial score (nSPS) is 11.5. The van der Waals surface area contributed by atoms with Gasteiger partial charge in [0, 0.05) is 17.7 Å². The zero-order chi connectivity index (χ0) is 16.8. The maximum Gasteiger partial charge on any atom is 1.00 e. The molecule has 1 heterocycles. The average Bonchev–Trinajstić information content (AvgIpc) is 2.46. The van der Waals surface area contributed by atoms with E-state index in [-0.39, 0.29) is 42.8 Å². The van der Waals surface area contributed by atoms with E-state index in [0.29, 0.717) is 32.0 Å². The van der Waals surface area contributed by atoms with Gasteiger partial charge in [-0.15, -0.1) is 0 Å². The van der Waals surface area contributed by atoms with E-state index in [9.17, 15) is 9.59 Å². The first kappa shape index (κ1) is 18.7. The first-order valence-electron chi connectivity index (χ1n) is 7.29. The second-order valence-corrected chi connectivity index (χ2v) is 6.49. The van der Waals surface area contributed by atoms with E-state index in [2.05, 4.69) is 0 Å². The van der Waals surface area contributed by atoms with Crippen LogP contribution in [0.4, 0.5) is 5.69 Å². The number of carboxylic acid groups (broad SMARTS) is 1. The van der Waals surface area contributed by atoms with Gasteiger partial charge in [0.1, 0.15) is 16.9 Å². The maximum atomic E-state index is 12.7. The van der Waals surface area contributed by atoms with Gasteiger partial charge in [0.05, 0.1) is 38.3 Å². The van der Waals surface area contributed by atoms with E-state index in [0.717, 1.165) is 5.69 Å². The van der Waals surface area contributed by atoms with Crippen molar-refractivity contribution in [2.24, 2.45) is 0 Å². The van der Waals surface area contributed by atoms with Crippen molar-refractivity contribution in [1.82, 2.24) is 4.48 Å². The molecule has 2 aromatic carbocycles. The third kappa shape index (κ3) is 3.39. The molecule has 0 saturated heterocycles. The molecular formula is C18H19NNaO4+. The van der Waals surface area contributed by atoms with Gasteiger partial charge in [-0.2, -0.15) is 0 Å². The third-order valence-corrected chi connectivity index (χ3v) is 3.88. The molecule has 5 nitrogen and oxygen atoms in total. The van der Waals surface area contributed by atoms with Crippen LogP contribution >= 0.6 is 0 Å². The molecule has 120 valence electrons. The monoisotopic (exact) mass is 336 g/mol. The first-order chi connectivity index (χ1) is 10.8. The van der Waals surface area contributed by atoms with Crippen LogP contribution in [0.5, 0.6) is 0 Å². The zero-order valence-electron chi connectivity index (χ0n) is 15.3. The molecule has 0 amide bonds. The van der Waals surface area contributed by atoms with Gasteiger partial charge >= 0.3 is 35.5 Å². The van der Waals surface area contributed by atoms with Crippen LogP contribution in [0.3, 0.4) is 0 Å². The molecule has 3 rings (SSSR count). The van der Waals surface area contributed by atoms with Crippen LogP contribution in [-0.4, -0.2) is 32.2 Å². The van der Waals surface area contributed by atoms with Crippen LogP contribution in [-0.2, 0) is 11.2 Å². The number of carboxylic acids is 1. The molecule has 24 heavy (non-hydrogen) atoms. The van der Waals surface area contributed by atoms with Gasteiger partial charge in [-0.1, -0.05) is 12.1 Å². The number of fused-ring (bicyclic) bond motifs is 2. The maximum absolute atomic E-state index is 12.7. The molecule has 6 heteroatoms. The molecule has 1 aromatic heterocycles. The van der Waals surface area contributed by atoms with Crippen LogP contribution in [0.15, 0.2) is 45.6 Å². The molecule has 0 bridgehead atoms. The van der Waals surface area contributed by atoms with Crippen LogP contribution in [0.1, 0.15) is 6.99 Å². The van der Waals surface area contributed by atoms with Gasteiger partial charge < -0.3 is 11.0 Å². The number of hydrogen-bond donors (Lipinski definition) is 1. The molecule has 0 fully saturated rings. The smallest absolute Gasteiger partial charge is 1.00 e. The molecule has 0 unspecified atom stereocenters.